The molecule has 212 valence electrons. The molecule has 0 aliphatic carbocycles. The first kappa shape index (κ1) is 29.8. The van der Waals surface area contributed by atoms with Gasteiger partial charge in [-0.15, -0.1) is 0 Å². The molecule has 1 saturated heterocycles. The smallest absolute Gasteiger partial charge is 0.475 e. The van der Waals surface area contributed by atoms with E-state index in [4.69, 9.17) is 15.6 Å². The number of amides is 3. The van der Waals surface area contributed by atoms with Crippen LogP contribution in [0.4, 0.5) is 38.1 Å². The summed E-state index contributed by atoms with van der Waals surface area (Å²) in [6.07, 6.45) is -1.64. The summed E-state index contributed by atoms with van der Waals surface area (Å²) < 4.78 is 58.4. The van der Waals surface area contributed by atoms with Crippen LogP contribution in [0.3, 0.4) is 0 Å². The van der Waals surface area contributed by atoms with Gasteiger partial charge in [-0.1, -0.05) is 0 Å². The second kappa shape index (κ2) is 12.4. The summed E-state index contributed by atoms with van der Waals surface area (Å²) in [7, 11) is 0. The van der Waals surface area contributed by atoms with Crippen molar-refractivity contribution in [3.63, 3.8) is 0 Å². The van der Waals surface area contributed by atoms with Gasteiger partial charge in [0.1, 0.15) is 17.7 Å². The number of nitrogens with two attached hydrogens (primary N) is 1. The zero-order chi connectivity index (χ0) is 29.6. The van der Waals surface area contributed by atoms with E-state index in [2.05, 4.69) is 21.7 Å². The molecule has 1 fully saturated rings. The number of aromatic nitrogens is 1. The SMILES string of the molecule is N#C[C@@H]1CCCN1C(=O)C(N)Cc1c[nH]c2ccc(NC(=O)Nc3cc(F)cc(F)c3)cc12.O=C(O)C(F)(F)F. The van der Waals surface area contributed by atoms with Crippen LogP contribution in [-0.2, 0) is 16.0 Å². The number of aliphatic carboxylic acids is 1. The third-order valence-electron chi connectivity index (χ3n) is 5.83. The highest BCUT2D eigenvalue weighted by atomic mass is 19.4. The molecule has 2 atom stereocenters. The monoisotopic (exact) mass is 566 g/mol. The molecule has 2 heterocycles. The fourth-order valence-electron chi connectivity index (χ4n) is 4.05. The Hall–Kier alpha value is -4.71. The molecular weight excluding hydrogens is 543 g/mol. The highest BCUT2D eigenvalue weighted by Gasteiger charge is 2.38. The van der Waals surface area contributed by atoms with Gasteiger partial charge in [0.2, 0.25) is 5.91 Å². The molecule has 1 aliphatic rings. The molecule has 0 spiro atoms. The number of carbonyl (C=O) groups excluding carboxylic acids is 2. The number of nitriles is 1. The number of alkyl halides is 3. The average Bonchev–Trinajstić information content (AvgIpc) is 3.49. The van der Waals surface area contributed by atoms with Gasteiger partial charge in [-0.25, -0.2) is 18.4 Å². The van der Waals surface area contributed by atoms with E-state index in [1.807, 2.05) is 0 Å². The van der Waals surface area contributed by atoms with E-state index < -0.39 is 41.9 Å². The number of halogens is 5. The van der Waals surface area contributed by atoms with Crippen LogP contribution in [0.1, 0.15) is 18.4 Å². The van der Waals surface area contributed by atoms with Gasteiger partial charge in [-0.3, -0.25) is 4.79 Å². The fraction of sp³-hybridized carbons (Fsp3) is 0.280. The normalized spacial score (nSPS) is 15.5. The summed E-state index contributed by atoms with van der Waals surface area (Å²) in [5, 5.41) is 22.1. The van der Waals surface area contributed by atoms with Crippen molar-refractivity contribution in [2.24, 2.45) is 5.73 Å². The highest BCUT2D eigenvalue weighted by molar-refractivity contribution is 6.01. The van der Waals surface area contributed by atoms with Crippen LogP contribution in [0.25, 0.3) is 10.9 Å². The summed E-state index contributed by atoms with van der Waals surface area (Å²) in [5.41, 5.74) is 8.18. The standard InChI is InChI=1S/C23H22F2N6O2.C2HF3O2/c24-14-7-15(25)9-17(8-14)30-23(33)29-16-3-4-21-19(10-16)13(12-28-21)6-20(27)22(32)31-5-1-2-18(31)11-26;3-2(4,5)1(6)7/h3-4,7-10,12,18,20,28H,1-2,5-6,27H2,(H2,29,30,33);(H,6,7)/t18-,20?;/m0./s1. The van der Waals surface area contributed by atoms with E-state index in [9.17, 15) is 36.8 Å². The fourth-order valence-corrected chi connectivity index (χ4v) is 4.05. The van der Waals surface area contributed by atoms with Crippen LogP contribution in [0.5, 0.6) is 0 Å². The number of likely N-dealkylation sites (tertiary alicyclic amines) is 1. The number of nitrogens with zero attached hydrogens (tertiary/aromatic N) is 2. The lowest BCUT2D eigenvalue weighted by atomic mass is 10.0. The van der Waals surface area contributed by atoms with E-state index in [1.54, 1.807) is 24.4 Å². The number of aromatic amines is 1. The molecule has 1 aliphatic heterocycles. The number of benzene rings is 2. The molecule has 1 aromatic heterocycles. The Morgan fingerprint density at radius 2 is 1.75 bits per heavy atom. The van der Waals surface area contributed by atoms with Gasteiger partial charge >= 0.3 is 18.2 Å². The molecule has 0 saturated carbocycles. The first-order chi connectivity index (χ1) is 18.8. The van der Waals surface area contributed by atoms with Crippen LogP contribution in [0.2, 0.25) is 0 Å². The lowest BCUT2D eigenvalue weighted by molar-refractivity contribution is -0.192. The minimum Gasteiger partial charge on any atom is -0.475 e. The number of anilines is 2. The predicted molar refractivity (Wildman–Crippen MR) is 133 cm³/mol. The van der Waals surface area contributed by atoms with E-state index in [-0.39, 0.29) is 18.0 Å². The number of urea groups is 1. The van der Waals surface area contributed by atoms with Crippen molar-refractivity contribution in [1.29, 1.82) is 5.26 Å². The number of hydrogen-bond donors (Lipinski definition) is 5. The second-order valence-electron chi connectivity index (χ2n) is 8.74. The minimum atomic E-state index is -5.08. The van der Waals surface area contributed by atoms with Crippen LogP contribution < -0.4 is 16.4 Å². The van der Waals surface area contributed by atoms with Gasteiger partial charge in [0.15, 0.2) is 0 Å². The molecule has 2 aromatic carbocycles. The summed E-state index contributed by atoms with van der Waals surface area (Å²) >= 11 is 0. The highest BCUT2D eigenvalue weighted by Crippen LogP contribution is 2.25. The maximum absolute atomic E-state index is 13.3. The van der Waals surface area contributed by atoms with Gasteiger partial charge in [0, 0.05) is 41.1 Å². The molecule has 0 bridgehead atoms. The third-order valence-corrected chi connectivity index (χ3v) is 5.83. The third kappa shape index (κ3) is 7.67. The quantitative estimate of drug-likeness (QED) is 0.292. The number of carboxylic acid groups (broad SMARTS) is 1. The van der Waals surface area contributed by atoms with Gasteiger partial charge in [0.05, 0.1) is 12.1 Å². The molecule has 0 radical (unpaired) electrons. The molecule has 3 amide bonds. The van der Waals surface area contributed by atoms with Crippen molar-refractivity contribution >= 4 is 40.2 Å². The van der Waals surface area contributed by atoms with Gasteiger partial charge in [0.25, 0.3) is 0 Å². The van der Waals surface area contributed by atoms with Crippen molar-refractivity contribution in [3.8, 4) is 6.07 Å². The van der Waals surface area contributed by atoms with E-state index >= 15 is 0 Å². The number of hydrogen-bond acceptors (Lipinski definition) is 5. The van der Waals surface area contributed by atoms with Gasteiger partial charge in [-0.2, -0.15) is 18.4 Å². The summed E-state index contributed by atoms with van der Waals surface area (Å²) in [4.78, 5) is 38.5. The molecule has 1 unspecified atom stereocenters. The molecule has 15 heteroatoms. The van der Waals surface area contributed by atoms with Crippen molar-refractivity contribution in [3.05, 3.63) is 59.8 Å². The maximum Gasteiger partial charge on any atom is 0.490 e. The number of nitrogens with one attached hydrogen (secondary N) is 3. The van der Waals surface area contributed by atoms with Crippen LogP contribution in [0.15, 0.2) is 42.6 Å². The Morgan fingerprint density at radius 1 is 1.12 bits per heavy atom. The number of carbonyl (C=O) groups is 3. The Kier molecular flexibility index (Phi) is 9.27. The lowest BCUT2D eigenvalue weighted by Gasteiger charge is -2.23. The molecule has 3 aromatic rings. The number of H-pyrrole nitrogens is 1. The van der Waals surface area contributed by atoms with Crippen molar-refractivity contribution in [1.82, 2.24) is 9.88 Å². The predicted octanol–water partition coefficient (Wildman–Crippen LogP) is 4.11. The first-order valence-electron chi connectivity index (χ1n) is 11.7. The zero-order valence-electron chi connectivity index (χ0n) is 20.6. The van der Waals surface area contributed by atoms with Crippen molar-refractivity contribution in [2.45, 2.75) is 37.5 Å². The average molecular weight is 566 g/mol. The minimum absolute atomic E-state index is 0.0181. The largest absolute Gasteiger partial charge is 0.490 e. The number of fused-ring (bicyclic) bond motifs is 1. The molecule has 10 nitrogen and oxygen atoms in total. The van der Waals surface area contributed by atoms with E-state index in [0.29, 0.717) is 24.7 Å². The maximum atomic E-state index is 13.3. The van der Waals surface area contributed by atoms with Gasteiger partial charge < -0.3 is 31.4 Å². The number of rotatable bonds is 5. The Labute approximate surface area is 223 Å². The van der Waals surface area contributed by atoms with E-state index in [1.165, 1.54) is 4.90 Å². The van der Waals surface area contributed by atoms with Crippen LogP contribution in [0, 0.1) is 23.0 Å². The molecule has 40 heavy (non-hydrogen) atoms. The zero-order valence-corrected chi connectivity index (χ0v) is 20.6. The van der Waals surface area contributed by atoms with Gasteiger partial charge in [-0.05, 0) is 55.2 Å². The van der Waals surface area contributed by atoms with Crippen molar-refractivity contribution < 1.29 is 41.4 Å². The first-order valence-corrected chi connectivity index (χ1v) is 11.7. The van der Waals surface area contributed by atoms with Crippen LogP contribution in [-0.4, -0.2) is 57.7 Å². The summed E-state index contributed by atoms with van der Waals surface area (Å²) in [5.74, 6) is -4.62. The lowest BCUT2D eigenvalue weighted by Crippen LogP contribution is -2.46. The molecule has 6 N–H and O–H groups in total. The van der Waals surface area contributed by atoms with Crippen LogP contribution >= 0.6 is 0 Å². The molecule has 4 rings (SSSR count). The Morgan fingerprint density at radius 3 is 2.35 bits per heavy atom. The summed E-state index contributed by atoms with van der Waals surface area (Å²) in [6.45, 7) is 0.525. The molecular formula is C25H23F5N6O4. The topological polar surface area (TPSA) is 164 Å². The van der Waals surface area contributed by atoms with E-state index in [0.717, 1.165) is 35.0 Å². The Bertz CT molecular complexity index is 1430. The Balaban J connectivity index is 0.000000559. The second-order valence-corrected chi connectivity index (χ2v) is 8.74. The summed E-state index contributed by atoms with van der Waals surface area (Å²) in [6, 6.07) is 8.11. The number of carboxylic acids is 1. The van der Waals surface area contributed by atoms with Crippen molar-refractivity contribution in [2.75, 3.05) is 17.2 Å².